The molecular weight excluding hydrogens is 170 g/mol. The van der Waals surface area contributed by atoms with Gasteiger partial charge in [0.15, 0.2) is 0 Å². The van der Waals surface area contributed by atoms with Crippen LogP contribution in [-0.2, 0) is 0 Å². The van der Waals surface area contributed by atoms with Gasteiger partial charge in [-0.05, 0) is 26.8 Å². The number of rotatable bonds is 2. The van der Waals surface area contributed by atoms with Crippen LogP contribution in [0, 0.1) is 13.8 Å². The molecule has 66 valence electrons. The molecule has 1 aromatic rings. The molecule has 3 heteroatoms. The minimum Gasteiger partial charge on any atom is -0.352 e. The smallest absolute Gasteiger partial charge is 0.252 e. The van der Waals surface area contributed by atoms with Gasteiger partial charge in [-0.1, -0.05) is 0 Å². The van der Waals surface area contributed by atoms with E-state index in [4.69, 9.17) is 0 Å². The number of aryl methyl sites for hydroxylation is 2. The van der Waals surface area contributed by atoms with E-state index >= 15 is 0 Å². The van der Waals surface area contributed by atoms with E-state index < -0.39 is 0 Å². The molecule has 0 atom stereocenters. The van der Waals surface area contributed by atoms with Crippen molar-refractivity contribution < 1.29 is 4.79 Å². The number of nitrogens with one attached hydrogen (secondary N) is 1. The molecule has 0 aliphatic rings. The number of carbonyl (C=O) groups is 1. The van der Waals surface area contributed by atoms with Gasteiger partial charge in [0.1, 0.15) is 0 Å². The predicted molar refractivity (Wildman–Crippen MR) is 51.8 cm³/mol. The Bertz CT molecular complexity index is 291. The van der Waals surface area contributed by atoms with Crippen molar-refractivity contribution in [1.82, 2.24) is 5.32 Å². The molecule has 0 saturated heterocycles. The van der Waals surface area contributed by atoms with E-state index in [1.165, 1.54) is 4.88 Å². The van der Waals surface area contributed by atoms with Gasteiger partial charge in [0.2, 0.25) is 0 Å². The Kier molecular flexibility index (Phi) is 2.87. The SMILES string of the molecule is CCNC(=O)c1cc(C)sc1C. The molecule has 0 bridgehead atoms. The fraction of sp³-hybridized carbons (Fsp3) is 0.444. The van der Waals surface area contributed by atoms with Gasteiger partial charge >= 0.3 is 0 Å². The van der Waals surface area contributed by atoms with Crippen molar-refractivity contribution in [1.29, 1.82) is 0 Å². The summed E-state index contributed by atoms with van der Waals surface area (Å²) in [4.78, 5) is 13.7. The average molecular weight is 183 g/mol. The van der Waals surface area contributed by atoms with Crippen LogP contribution in [0.2, 0.25) is 0 Å². The van der Waals surface area contributed by atoms with Crippen molar-refractivity contribution >= 4 is 17.2 Å². The molecule has 0 aromatic carbocycles. The zero-order valence-corrected chi connectivity index (χ0v) is 8.42. The van der Waals surface area contributed by atoms with E-state index in [9.17, 15) is 4.79 Å². The third kappa shape index (κ3) is 1.85. The molecule has 12 heavy (non-hydrogen) atoms. The highest BCUT2D eigenvalue weighted by Crippen LogP contribution is 2.20. The van der Waals surface area contributed by atoms with Gasteiger partial charge < -0.3 is 5.32 Å². The number of thiophene rings is 1. The number of hydrogen-bond acceptors (Lipinski definition) is 2. The maximum absolute atomic E-state index is 11.4. The maximum atomic E-state index is 11.4. The second kappa shape index (κ2) is 3.72. The van der Waals surface area contributed by atoms with Crippen molar-refractivity contribution in [3.63, 3.8) is 0 Å². The lowest BCUT2D eigenvalue weighted by Gasteiger charge is -1.99. The summed E-state index contributed by atoms with van der Waals surface area (Å²) in [5, 5.41) is 2.78. The van der Waals surface area contributed by atoms with E-state index in [-0.39, 0.29) is 5.91 Å². The Balaban J connectivity index is 2.87. The monoisotopic (exact) mass is 183 g/mol. The summed E-state index contributed by atoms with van der Waals surface area (Å²) in [6, 6.07) is 1.94. The topological polar surface area (TPSA) is 29.1 Å². The Morgan fingerprint density at radius 3 is 2.67 bits per heavy atom. The van der Waals surface area contributed by atoms with Gasteiger partial charge in [0.25, 0.3) is 5.91 Å². The number of carbonyl (C=O) groups excluding carboxylic acids is 1. The van der Waals surface area contributed by atoms with Crippen LogP contribution in [0.4, 0.5) is 0 Å². The first-order valence-corrected chi connectivity index (χ1v) is 4.82. The second-order valence-corrected chi connectivity index (χ2v) is 4.15. The first kappa shape index (κ1) is 9.26. The zero-order chi connectivity index (χ0) is 9.14. The van der Waals surface area contributed by atoms with Crippen LogP contribution >= 0.6 is 11.3 Å². The Labute approximate surface area is 76.6 Å². The Morgan fingerprint density at radius 2 is 2.25 bits per heavy atom. The van der Waals surface area contributed by atoms with Crippen molar-refractivity contribution in [2.24, 2.45) is 0 Å². The maximum Gasteiger partial charge on any atom is 0.252 e. The lowest BCUT2D eigenvalue weighted by molar-refractivity contribution is 0.0955. The lowest BCUT2D eigenvalue weighted by atomic mass is 10.2. The molecule has 0 radical (unpaired) electrons. The predicted octanol–water partition coefficient (Wildman–Crippen LogP) is 2.11. The van der Waals surface area contributed by atoms with Crippen molar-refractivity contribution in [3.05, 3.63) is 21.4 Å². The van der Waals surface area contributed by atoms with Crippen LogP contribution in [0.25, 0.3) is 0 Å². The van der Waals surface area contributed by atoms with Crippen LogP contribution < -0.4 is 5.32 Å². The molecule has 1 N–H and O–H groups in total. The number of amides is 1. The third-order valence-electron chi connectivity index (χ3n) is 1.62. The van der Waals surface area contributed by atoms with Gasteiger partial charge in [-0.15, -0.1) is 11.3 Å². The average Bonchev–Trinajstić information content (AvgIpc) is 2.30. The van der Waals surface area contributed by atoms with Crippen LogP contribution in [-0.4, -0.2) is 12.5 Å². The van der Waals surface area contributed by atoms with Crippen LogP contribution in [0.3, 0.4) is 0 Å². The normalized spacial score (nSPS) is 9.92. The first-order valence-electron chi connectivity index (χ1n) is 4.00. The molecule has 0 saturated carbocycles. The minimum absolute atomic E-state index is 0.0411. The van der Waals surface area contributed by atoms with Gasteiger partial charge in [-0.3, -0.25) is 4.79 Å². The molecule has 0 unspecified atom stereocenters. The van der Waals surface area contributed by atoms with Crippen LogP contribution in [0.5, 0.6) is 0 Å². The highest BCUT2D eigenvalue weighted by Gasteiger charge is 2.09. The molecule has 0 aliphatic heterocycles. The molecule has 0 aliphatic carbocycles. The third-order valence-corrected chi connectivity index (χ3v) is 2.59. The molecule has 1 amide bonds. The fourth-order valence-corrected chi connectivity index (χ4v) is 2.03. The van der Waals surface area contributed by atoms with Gasteiger partial charge in [0, 0.05) is 16.3 Å². The Hall–Kier alpha value is -0.830. The van der Waals surface area contributed by atoms with Gasteiger partial charge in [-0.25, -0.2) is 0 Å². The minimum atomic E-state index is 0.0411. The summed E-state index contributed by atoms with van der Waals surface area (Å²) in [5.41, 5.74) is 0.819. The largest absolute Gasteiger partial charge is 0.352 e. The Morgan fingerprint density at radius 1 is 1.58 bits per heavy atom. The molecular formula is C9H13NOS. The van der Waals surface area contributed by atoms with Crippen molar-refractivity contribution in [3.8, 4) is 0 Å². The van der Waals surface area contributed by atoms with Gasteiger partial charge in [-0.2, -0.15) is 0 Å². The molecule has 1 rings (SSSR count). The summed E-state index contributed by atoms with van der Waals surface area (Å²) < 4.78 is 0. The van der Waals surface area contributed by atoms with Crippen LogP contribution in [0.15, 0.2) is 6.07 Å². The van der Waals surface area contributed by atoms with E-state index in [0.717, 1.165) is 10.4 Å². The second-order valence-electron chi connectivity index (χ2n) is 2.69. The summed E-state index contributed by atoms with van der Waals surface area (Å²) in [7, 11) is 0. The van der Waals surface area contributed by atoms with E-state index in [0.29, 0.717) is 6.54 Å². The molecule has 1 heterocycles. The molecule has 2 nitrogen and oxygen atoms in total. The quantitative estimate of drug-likeness (QED) is 0.747. The van der Waals surface area contributed by atoms with Crippen molar-refractivity contribution in [2.75, 3.05) is 6.54 Å². The van der Waals surface area contributed by atoms with Gasteiger partial charge in [0.05, 0.1) is 5.56 Å². The summed E-state index contributed by atoms with van der Waals surface area (Å²) in [6.07, 6.45) is 0. The van der Waals surface area contributed by atoms with Crippen molar-refractivity contribution in [2.45, 2.75) is 20.8 Å². The number of hydrogen-bond donors (Lipinski definition) is 1. The van der Waals surface area contributed by atoms with E-state index in [1.807, 2.05) is 26.8 Å². The van der Waals surface area contributed by atoms with E-state index in [1.54, 1.807) is 11.3 Å². The van der Waals surface area contributed by atoms with E-state index in [2.05, 4.69) is 5.32 Å². The van der Waals surface area contributed by atoms with Crippen LogP contribution in [0.1, 0.15) is 27.0 Å². The lowest BCUT2D eigenvalue weighted by Crippen LogP contribution is -2.22. The summed E-state index contributed by atoms with van der Waals surface area (Å²) in [6.45, 7) is 6.60. The summed E-state index contributed by atoms with van der Waals surface area (Å²) >= 11 is 1.66. The molecule has 1 aromatic heterocycles. The highest BCUT2D eigenvalue weighted by molar-refractivity contribution is 7.12. The molecule has 0 spiro atoms. The zero-order valence-electron chi connectivity index (χ0n) is 7.60. The highest BCUT2D eigenvalue weighted by atomic mass is 32.1. The first-order chi connectivity index (χ1) is 5.65. The fourth-order valence-electron chi connectivity index (χ4n) is 1.11. The standard InChI is InChI=1S/C9H13NOS/c1-4-10-9(11)8-5-6(2)12-7(8)3/h5H,4H2,1-3H3,(H,10,11). The molecule has 0 fully saturated rings. The summed E-state index contributed by atoms with van der Waals surface area (Å²) in [5.74, 6) is 0.0411.